The van der Waals surface area contributed by atoms with Crippen molar-refractivity contribution in [2.45, 2.75) is 12.8 Å². The number of anilines is 1. The lowest BCUT2D eigenvalue weighted by molar-refractivity contribution is 0.589. The third kappa shape index (κ3) is 1.86. The van der Waals surface area contributed by atoms with E-state index in [1.165, 1.54) is 18.2 Å². The van der Waals surface area contributed by atoms with Crippen molar-refractivity contribution in [3.8, 4) is 11.1 Å². The van der Waals surface area contributed by atoms with Gasteiger partial charge in [0.1, 0.15) is 11.6 Å². The largest absolute Gasteiger partial charge is 0.385 e. The molecule has 2 aromatic rings. The Morgan fingerprint density at radius 2 is 1.78 bits per heavy atom. The molecule has 92 valence electrons. The van der Waals surface area contributed by atoms with Crippen LogP contribution < -0.4 is 5.32 Å². The van der Waals surface area contributed by atoms with Gasteiger partial charge >= 0.3 is 0 Å². The average Bonchev–Trinajstić information content (AvgIpc) is 2.38. The minimum Gasteiger partial charge on any atom is -0.385 e. The molecule has 18 heavy (non-hydrogen) atoms. The molecular formula is C15H13F2N. The molecule has 0 amide bonds. The van der Waals surface area contributed by atoms with Crippen LogP contribution in [-0.2, 0) is 6.42 Å². The van der Waals surface area contributed by atoms with Crippen LogP contribution in [0, 0.1) is 11.6 Å². The quantitative estimate of drug-likeness (QED) is 0.801. The summed E-state index contributed by atoms with van der Waals surface area (Å²) in [5.74, 6) is -1.03. The predicted molar refractivity (Wildman–Crippen MR) is 68.6 cm³/mol. The van der Waals surface area contributed by atoms with E-state index in [0.717, 1.165) is 30.6 Å². The Hall–Kier alpha value is -1.90. The summed E-state index contributed by atoms with van der Waals surface area (Å²) in [7, 11) is 0. The Kier molecular flexibility index (Phi) is 2.74. The molecule has 0 spiro atoms. The van der Waals surface area contributed by atoms with E-state index in [4.69, 9.17) is 0 Å². The standard InChI is InChI=1S/C15H13F2N/c16-12-4-1-5-13(17)15(12)11-6-7-14-10(9-11)3-2-8-18-14/h1,4-7,9,18H,2-3,8H2. The fraction of sp³-hybridized carbons (Fsp3) is 0.200. The highest BCUT2D eigenvalue weighted by Gasteiger charge is 2.14. The van der Waals surface area contributed by atoms with Gasteiger partial charge in [0.15, 0.2) is 0 Å². The van der Waals surface area contributed by atoms with Crippen molar-refractivity contribution in [2.75, 3.05) is 11.9 Å². The normalized spacial score (nSPS) is 13.9. The number of aryl methyl sites for hydroxylation is 1. The van der Waals surface area contributed by atoms with Gasteiger partial charge in [-0.25, -0.2) is 8.78 Å². The van der Waals surface area contributed by atoms with Crippen LogP contribution >= 0.6 is 0 Å². The molecule has 0 unspecified atom stereocenters. The summed E-state index contributed by atoms with van der Waals surface area (Å²) in [6.45, 7) is 0.959. The number of hydrogen-bond acceptors (Lipinski definition) is 1. The average molecular weight is 245 g/mol. The molecule has 0 fully saturated rings. The highest BCUT2D eigenvalue weighted by molar-refractivity contribution is 5.70. The molecule has 0 atom stereocenters. The summed E-state index contributed by atoms with van der Waals surface area (Å²) in [4.78, 5) is 0. The van der Waals surface area contributed by atoms with Crippen LogP contribution in [0.1, 0.15) is 12.0 Å². The maximum Gasteiger partial charge on any atom is 0.133 e. The van der Waals surface area contributed by atoms with Gasteiger partial charge in [-0.15, -0.1) is 0 Å². The summed E-state index contributed by atoms with van der Waals surface area (Å²) in [6, 6.07) is 9.50. The van der Waals surface area contributed by atoms with Gasteiger partial charge in [-0.2, -0.15) is 0 Å². The van der Waals surface area contributed by atoms with Gasteiger partial charge in [-0.05, 0) is 48.2 Å². The van der Waals surface area contributed by atoms with Crippen molar-refractivity contribution in [1.82, 2.24) is 0 Å². The topological polar surface area (TPSA) is 12.0 Å². The lowest BCUT2D eigenvalue weighted by atomic mass is 9.97. The van der Waals surface area contributed by atoms with E-state index >= 15 is 0 Å². The summed E-state index contributed by atoms with van der Waals surface area (Å²) in [5.41, 5.74) is 2.86. The first-order chi connectivity index (χ1) is 8.75. The molecule has 0 aliphatic carbocycles. The number of fused-ring (bicyclic) bond motifs is 1. The van der Waals surface area contributed by atoms with Crippen molar-refractivity contribution in [3.63, 3.8) is 0 Å². The van der Waals surface area contributed by atoms with E-state index in [-0.39, 0.29) is 5.56 Å². The summed E-state index contributed by atoms with van der Waals surface area (Å²) in [6.07, 6.45) is 2.00. The van der Waals surface area contributed by atoms with Crippen molar-refractivity contribution >= 4 is 5.69 Å². The first-order valence-electron chi connectivity index (χ1n) is 6.07. The smallest absolute Gasteiger partial charge is 0.133 e. The van der Waals surface area contributed by atoms with E-state index < -0.39 is 11.6 Å². The molecule has 1 aliphatic heterocycles. The monoisotopic (exact) mass is 245 g/mol. The fourth-order valence-electron chi connectivity index (χ4n) is 2.40. The van der Waals surface area contributed by atoms with Crippen molar-refractivity contribution in [2.24, 2.45) is 0 Å². The zero-order chi connectivity index (χ0) is 12.5. The highest BCUT2D eigenvalue weighted by Crippen LogP contribution is 2.31. The van der Waals surface area contributed by atoms with E-state index in [1.54, 1.807) is 6.07 Å². The minimum absolute atomic E-state index is 0.0610. The van der Waals surface area contributed by atoms with Gasteiger partial charge in [0, 0.05) is 12.2 Å². The molecule has 0 saturated carbocycles. The zero-order valence-electron chi connectivity index (χ0n) is 9.84. The Labute approximate surface area is 104 Å². The van der Waals surface area contributed by atoms with Gasteiger partial charge in [0.2, 0.25) is 0 Å². The number of hydrogen-bond donors (Lipinski definition) is 1. The van der Waals surface area contributed by atoms with Crippen LogP contribution in [0.15, 0.2) is 36.4 Å². The number of rotatable bonds is 1. The molecule has 3 heteroatoms. The van der Waals surface area contributed by atoms with E-state index in [1.807, 2.05) is 12.1 Å². The van der Waals surface area contributed by atoms with Crippen LogP contribution in [0.2, 0.25) is 0 Å². The molecule has 1 nitrogen and oxygen atoms in total. The molecule has 3 rings (SSSR count). The van der Waals surface area contributed by atoms with Gasteiger partial charge in [0.25, 0.3) is 0 Å². The number of benzene rings is 2. The van der Waals surface area contributed by atoms with Crippen LogP contribution in [0.3, 0.4) is 0 Å². The third-order valence-corrected chi connectivity index (χ3v) is 3.30. The van der Waals surface area contributed by atoms with Gasteiger partial charge < -0.3 is 5.32 Å². The van der Waals surface area contributed by atoms with Gasteiger partial charge in [-0.1, -0.05) is 12.1 Å². The van der Waals surface area contributed by atoms with Crippen LogP contribution in [-0.4, -0.2) is 6.54 Å². The molecule has 0 saturated heterocycles. The number of nitrogens with one attached hydrogen (secondary N) is 1. The molecule has 2 aromatic carbocycles. The second-order valence-corrected chi connectivity index (χ2v) is 4.50. The molecule has 1 heterocycles. The third-order valence-electron chi connectivity index (χ3n) is 3.30. The maximum absolute atomic E-state index is 13.7. The Morgan fingerprint density at radius 1 is 1.00 bits per heavy atom. The Bertz CT molecular complexity index is 573. The van der Waals surface area contributed by atoms with E-state index in [9.17, 15) is 8.78 Å². The molecule has 1 aliphatic rings. The lowest BCUT2D eigenvalue weighted by Gasteiger charge is -2.19. The van der Waals surface area contributed by atoms with Crippen molar-refractivity contribution in [1.29, 1.82) is 0 Å². The van der Waals surface area contributed by atoms with Gasteiger partial charge in [-0.3, -0.25) is 0 Å². The van der Waals surface area contributed by atoms with E-state index in [0.29, 0.717) is 5.56 Å². The second-order valence-electron chi connectivity index (χ2n) is 4.50. The highest BCUT2D eigenvalue weighted by atomic mass is 19.1. The summed E-state index contributed by atoms with van der Waals surface area (Å²) < 4.78 is 27.4. The molecular weight excluding hydrogens is 232 g/mol. The molecule has 0 bridgehead atoms. The summed E-state index contributed by atoms with van der Waals surface area (Å²) >= 11 is 0. The fourth-order valence-corrected chi connectivity index (χ4v) is 2.40. The maximum atomic E-state index is 13.7. The van der Waals surface area contributed by atoms with Crippen LogP contribution in [0.4, 0.5) is 14.5 Å². The SMILES string of the molecule is Fc1cccc(F)c1-c1ccc2c(c1)CCCN2. The second kappa shape index (κ2) is 4.41. The van der Waals surface area contributed by atoms with E-state index in [2.05, 4.69) is 5.32 Å². The Balaban J connectivity index is 2.12. The number of halogens is 2. The van der Waals surface area contributed by atoms with Gasteiger partial charge in [0.05, 0.1) is 5.56 Å². The van der Waals surface area contributed by atoms with Crippen LogP contribution in [0.25, 0.3) is 11.1 Å². The lowest BCUT2D eigenvalue weighted by Crippen LogP contribution is -2.11. The summed E-state index contributed by atoms with van der Waals surface area (Å²) in [5, 5.41) is 3.28. The minimum atomic E-state index is -0.515. The first-order valence-corrected chi connectivity index (χ1v) is 6.07. The van der Waals surface area contributed by atoms with Crippen molar-refractivity contribution < 1.29 is 8.78 Å². The first kappa shape index (κ1) is 11.2. The Morgan fingerprint density at radius 3 is 2.56 bits per heavy atom. The predicted octanol–water partition coefficient (Wildman–Crippen LogP) is 3.99. The van der Waals surface area contributed by atoms with Crippen LogP contribution in [0.5, 0.6) is 0 Å². The molecule has 0 radical (unpaired) electrons. The zero-order valence-corrected chi connectivity index (χ0v) is 9.84. The molecule has 0 aromatic heterocycles. The molecule has 1 N–H and O–H groups in total. The van der Waals surface area contributed by atoms with Crippen molar-refractivity contribution in [3.05, 3.63) is 53.6 Å².